The molecule has 1 aromatic rings. The highest BCUT2D eigenvalue weighted by Gasteiger charge is 2.10. The van der Waals surface area contributed by atoms with Crippen molar-refractivity contribution in [3.63, 3.8) is 0 Å². The molecule has 1 aromatic carbocycles. The van der Waals surface area contributed by atoms with E-state index < -0.39 is 0 Å². The van der Waals surface area contributed by atoms with E-state index in [0.29, 0.717) is 11.9 Å². The van der Waals surface area contributed by atoms with Crippen molar-refractivity contribution in [2.75, 3.05) is 12.9 Å². The first-order valence-electron chi connectivity index (χ1n) is 4.74. The van der Waals surface area contributed by atoms with Gasteiger partial charge in [-0.1, -0.05) is 33.6 Å². The average Bonchev–Trinajstić information content (AvgIpc) is 2.20. The monoisotopic (exact) mass is 309 g/mol. The molecule has 0 aliphatic rings. The Morgan fingerprint density at radius 1 is 1.47 bits per heavy atom. The minimum atomic E-state index is 0.353. The third-order valence-electron chi connectivity index (χ3n) is 2.41. The van der Waals surface area contributed by atoms with E-state index in [-0.39, 0.29) is 0 Å². The van der Waals surface area contributed by atoms with Gasteiger partial charge in [0.2, 0.25) is 0 Å². The fourth-order valence-electron chi connectivity index (χ4n) is 1.19. The molecule has 0 fully saturated rings. The maximum atomic E-state index is 6.13. The van der Waals surface area contributed by atoms with Crippen molar-refractivity contribution < 1.29 is 0 Å². The quantitative estimate of drug-likeness (QED) is 0.755. The molecule has 1 unspecified atom stereocenters. The van der Waals surface area contributed by atoms with Gasteiger partial charge in [0.05, 0.1) is 0 Å². The number of alkyl halides is 1. The molecule has 0 N–H and O–H groups in total. The predicted octanol–water partition coefficient (Wildman–Crippen LogP) is 4.16. The van der Waals surface area contributed by atoms with E-state index in [1.165, 1.54) is 0 Å². The van der Waals surface area contributed by atoms with Crippen molar-refractivity contribution in [1.29, 1.82) is 0 Å². The van der Waals surface area contributed by atoms with E-state index in [9.17, 15) is 0 Å². The highest BCUT2D eigenvalue weighted by atomic mass is 79.9. The second-order valence-corrected chi connectivity index (χ2v) is 5.29. The summed E-state index contributed by atoms with van der Waals surface area (Å²) in [5.74, 6) is 0.630. The largest absolute Gasteiger partial charge is 0.298 e. The van der Waals surface area contributed by atoms with Crippen LogP contribution in [0.5, 0.6) is 0 Å². The zero-order chi connectivity index (χ0) is 11.4. The van der Waals surface area contributed by atoms with Crippen molar-refractivity contribution >= 4 is 39.1 Å². The highest BCUT2D eigenvalue weighted by Crippen LogP contribution is 2.22. The lowest BCUT2D eigenvalue weighted by Gasteiger charge is -2.23. The maximum absolute atomic E-state index is 6.13. The molecule has 0 radical (unpaired) electrons. The molecule has 84 valence electrons. The Morgan fingerprint density at radius 3 is 2.67 bits per heavy atom. The summed E-state index contributed by atoms with van der Waals surface area (Å²) in [7, 11) is 2.05. The lowest BCUT2D eigenvalue weighted by molar-refractivity contribution is 0.268. The minimum Gasteiger partial charge on any atom is -0.298 e. The van der Waals surface area contributed by atoms with Crippen LogP contribution in [0.4, 0.5) is 0 Å². The molecule has 0 aromatic heterocycles. The van der Waals surface area contributed by atoms with Crippen molar-refractivity contribution in [2.45, 2.75) is 19.5 Å². The van der Waals surface area contributed by atoms with E-state index in [4.69, 9.17) is 23.2 Å². The zero-order valence-electron chi connectivity index (χ0n) is 8.80. The van der Waals surface area contributed by atoms with Gasteiger partial charge >= 0.3 is 0 Å². The van der Waals surface area contributed by atoms with Gasteiger partial charge in [-0.05, 0) is 31.7 Å². The van der Waals surface area contributed by atoms with Gasteiger partial charge in [-0.25, -0.2) is 0 Å². The Labute approximate surface area is 109 Å². The Morgan fingerprint density at radius 2 is 2.13 bits per heavy atom. The van der Waals surface area contributed by atoms with Crippen LogP contribution in [0.1, 0.15) is 12.5 Å². The van der Waals surface area contributed by atoms with Gasteiger partial charge in [-0.2, -0.15) is 0 Å². The molecular weight excluding hydrogens is 297 g/mol. The first kappa shape index (κ1) is 13.3. The van der Waals surface area contributed by atoms with Crippen LogP contribution in [0.25, 0.3) is 0 Å². The fraction of sp³-hybridized carbons (Fsp3) is 0.455. The van der Waals surface area contributed by atoms with E-state index in [2.05, 4.69) is 27.8 Å². The summed E-state index contributed by atoms with van der Waals surface area (Å²) in [6.07, 6.45) is 0. The second kappa shape index (κ2) is 6.09. The predicted molar refractivity (Wildman–Crippen MR) is 70.8 cm³/mol. The topological polar surface area (TPSA) is 3.24 Å². The number of hydrogen-bond donors (Lipinski definition) is 0. The Bertz CT molecular complexity index is 330. The van der Waals surface area contributed by atoms with Crippen molar-refractivity contribution in [3.8, 4) is 0 Å². The van der Waals surface area contributed by atoms with Gasteiger partial charge in [-0.3, -0.25) is 4.90 Å². The molecule has 0 heterocycles. The van der Waals surface area contributed by atoms with Gasteiger partial charge in [0, 0.05) is 28.0 Å². The summed E-state index contributed by atoms with van der Waals surface area (Å²) >= 11 is 15.3. The number of rotatable bonds is 4. The van der Waals surface area contributed by atoms with Crippen LogP contribution in [-0.2, 0) is 6.54 Å². The van der Waals surface area contributed by atoms with Gasteiger partial charge in [-0.15, -0.1) is 11.6 Å². The molecule has 1 rings (SSSR count). The van der Waals surface area contributed by atoms with Crippen LogP contribution >= 0.6 is 39.1 Å². The van der Waals surface area contributed by atoms with Gasteiger partial charge in [0.1, 0.15) is 0 Å². The van der Waals surface area contributed by atoms with Crippen molar-refractivity contribution in [1.82, 2.24) is 4.90 Å². The molecule has 1 atom stereocenters. The minimum absolute atomic E-state index is 0.353. The van der Waals surface area contributed by atoms with Crippen molar-refractivity contribution in [2.24, 2.45) is 0 Å². The summed E-state index contributed by atoms with van der Waals surface area (Å²) < 4.78 is 1.00. The molecule has 0 aliphatic heterocycles. The second-order valence-electron chi connectivity index (χ2n) is 3.65. The maximum Gasteiger partial charge on any atom is 0.0462 e. The third kappa shape index (κ3) is 3.95. The number of hydrogen-bond acceptors (Lipinski definition) is 1. The van der Waals surface area contributed by atoms with Crippen LogP contribution in [-0.4, -0.2) is 23.9 Å². The smallest absolute Gasteiger partial charge is 0.0462 e. The molecule has 0 bridgehead atoms. The van der Waals surface area contributed by atoms with E-state index in [1.54, 1.807) is 0 Å². The normalized spacial score (nSPS) is 13.2. The molecule has 0 saturated carbocycles. The average molecular weight is 311 g/mol. The molecule has 0 spiro atoms. The summed E-state index contributed by atoms with van der Waals surface area (Å²) in [6.45, 7) is 2.92. The lowest BCUT2D eigenvalue weighted by Crippen LogP contribution is -2.29. The lowest BCUT2D eigenvalue weighted by atomic mass is 10.2. The molecule has 15 heavy (non-hydrogen) atoms. The zero-order valence-corrected chi connectivity index (χ0v) is 11.9. The molecule has 1 nitrogen and oxygen atoms in total. The Balaban J connectivity index is 2.72. The van der Waals surface area contributed by atoms with Crippen LogP contribution in [0.3, 0.4) is 0 Å². The van der Waals surface area contributed by atoms with Crippen LogP contribution in [0.2, 0.25) is 5.02 Å². The third-order valence-corrected chi connectivity index (χ3v) is 3.70. The Kier molecular flexibility index (Phi) is 5.41. The summed E-state index contributed by atoms with van der Waals surface area (Å²) in [5.41, 5.74) is 1.12. The summed E-state index contributed by atoms with van der Waals surface area (Å²) in [4.78, 5) is 2.18. The van der Waals surface area contributed by atoms with Crippen LogP contribution < -0.4 is 0 Å². The molecule has 0 aliphatic carbocycles. The molecule has 0 amide bonds. The first-order valence-corrected chi connectivity index (χ1v) is 6.45. The number of nitrogens with zero attached hydrogens (tertiary/aromatic N) is 1. The van der Waals surface area contributed by atoms with Gasteiger partial charge < -0.3 is 0 Å². The first-order chi connectivity index (χ1) is 7.04. The van der Waals surface area contributed by atoms with Crippen LogP contribution in [0.15, 0.2) is 22.7 Å². The molecule has 4 heteroatoms. The Hall–Kier alpha value is 0.240. The molecule has 0 saturated heterocycles. The van der Waals surface area contributed by atoms with Gasteiger partial charge in [0.15, 0.2) is 0 Å². The van der Waals surface area contributed by atoms with E-state index in [1.807, 2.05) is 25.2 Å². The molecular formula is C11H14BrCl2N. The summed E-state index contributed by atoms with van der Waals surface area (Å²) in [5, 5.41) is 0.790. The van der Waals surface area contributed by atoms with E-state index >= 15 is 0 Å². The van der Waals surface area contributed by atoms with Crippen LogP contribution in [0, 0.1) is 0 Å². The number of halogens is 3. The standard InChI is InChI=1S/C11H14BrCl2N/c1-8(6-13)15(2)7-9-3-4-10(12)5-11(9)14/h3-5,8H,6-7H2,1-2H3. The van der Waals surface area contributed by atoms with Crippen molar-refractivity contribution in [3.05, 3.63) is 33.3 Å². The van der Waals surface area contributed by atoms with Gasteiger partial charge in [0.25, 0.3) is 0 Å². The fourth-order valence-corrected chi connectivity index (χ4v) is 2.16. The van der Waals surface area contributed by atoms with E-state index in [0.717, 1.165) is 21.6 Å². The number of benzene rings is 1. The highest BCUT2D eigenvalue weighted by molar-refractivity contribution is 9.10. The SMILES string of the molecule is CC(CCl)N(C)Cc1ccc(Br)cc1Cl. The summed E-state index contributed by atoms with van der Waals surface area (Å²) in [6, 6.07) is 6.30.